The van der Waals surface area contributed by atoms with Crippen molar-refractivity contribution < 1.29 is 4.79 Å². The first-order valence-corrected chi connectivity index (χ1v) is 9.76. The summed E-state index contributed by atoms with van der Waals surface area (Å²) in [7, 11) is 0. The Labute approximate surface area is 142 Å². The Morgan fingerprint density at radius 3 is 2.96 bits per heavy atom. The molecule has 0 N–H and O–H groups in total. The number of nitrogens with zero attached hydrogens (tertiary/aromatic N) is 3. The molecule has 1 aromatic heterocycles. The van der Waals surface area contributed by atoms with E-state index in [0.717, 1.165) is 31.8 Å². The van der Waals surface area contributed by atoms with Crippen LogP contribution in [0.1, 0.15) is 49.5 Å². The maximum atomic E-state index is 12.5. The molecule has 3 heterocycles. The normalized spacial score (nSPS) is 26.5. The van der Waals surface area contributed by atoms with E-state index in [1.54, 1.807) is 5.01 Å². The van der Waals surface area contributed by atoms with E-state index in [1.165, 1.54) is 35.4 Å². The zero-order valence-corrected chi connectivity index (χ0v) is 14.6. The van der Waals surface area contributed by atoms with Gasteiger partial charge < -0.3 is 0 Å². The number of fused-ring (bicyclic) bond motifs is 3. The Hall–Kier alpha value is -1.20. The molecule has 0 saturated carbocycles. The molecule has 23 heavy (non-hydrogen) atoms. The second kappa shape index (κ2) is 6.36. The molecule has 4 rings (SSSR count). The molecule has 3 aliphatic rings. The van der Waals surface area contributed by atoms with Crippen molar-refractivity contribution in [1.29, 1.82) is 0 Å². The fourth-order valence-corrected chi connectivity index (χ4v) is 4.90. The number of thiophene rings is 1. The van der Waals surface area contributed by atoms with E-state index in [2.05, 4.69) is 23.3 Å². The third kappa shape index (κ3) is 3.09. The molecule has 124 valence electrons. The van der Waals surface area contributed by atoms with E-state index >= 15 is 0 Å². The standard InChI is InChI=1S/C18H25N3OS/c1-13-5-8-20(9-6-13)12-21-17(22)11-14-3-2-4-16-15(7-10-23-16)18(14)19-21/h7,10,13-14H,2-6,8-9,11-12H2,1H3. The van der Waals surface area contributed by atoms with Gasteiger partial charge in [-0.25, -0.2) is 5.01 Å². The molecule has 2 aliphatic heterocycles. The van der Waals surface area contributed by atoms with Crippen LogP contribution in [0.3, 0.4) is 0 Å². The van der Waals surface area contributed by atoms with Crippen molar-refractivity contribution in [2.24, 2.45) is 16.9 Å². The number of hydrazone groups is 1. The highest BCUT2D eigenvalue weighted by Gasteiger charge is 2.33. The van der Waals surface area contributed by atoms with Gasteiger partial charge in [-0.1, -0.05) is 6.92 Å². The Morgan fingerprint density at radius 1 is 1.30 bits per heavy atom. The summed E-state index contributed by atoms with van der Waals surface area (Å²) in [6.45, 7) is 5.16. The third-order valence-corrected chi connectivity index (χ3v) is 6.49. The van der Waals surface area contributed by atoms with Crippen LogP contribution in [0.25, 0.3) is 0 Å². The Balaban J connectivity index is 1.56. The minimum absolute atomic E-state index is 0.205. The fraction of sp³-hybridized carbons (Fsp3) is 0.667. The number of hydrogen-bond donors (Lipinski definition) is 0. The van der Waals surface area contributed by atoms with Crippen LogP contribution in [-0.2, 0) is 11.2 Å². The monoisotopic (exact) mass is 331 g/mol. The van der Waals surface area contributed by atoms with Crippen LogP contribution in [0, 0.1) is 11.8 Å². The molecule has 1 fully saturated rings. The lowest BCUT2D eigenvalue weighted by atomic mass is 9.91. The maximum absolute atomic E-state index is 12.5. The van der Waals surface area contributed by atoms with Gasteiger partial charge in [0.15, 0.2) is 0 Å². The molecule has 4 nitrogen and oxygen atoms in total. The van der Waals surface area contributed by atoms with Crippen molar-refractivity contribution in [3.8, 4) is 0 Å². The van der Waals surface area contributed by atoms with Crippen LogP contribution in [0.15, 0.2) is 16.5 Å². The second-order valence-electron chi connectivity index (χ2n) is 7.27. The number of amides is 1. The highest BCUT2D eigenvalue weighted by atomic mass is 32.1. The fourth-order valence-electron chi connectivity index (χ4n) is 3.97. The molecule has 1 saturated heterocycles. The molecule has 0 radical (unpaired) electrons. The first-order chi connectivity index (χ1) is 11.2. The molecule has 1 aromatic rings. The quantitative estimate of drug-likeness (QED) is 0.833. The van der Waals surface area contributed by atoms with Crippen LogP contribution in [-0.4, -0.2) is 41.3 Å². The van der Waals surface area contributed by atoms with Crippen molar-refractivity contribution in [3.63, 3.8) is 0 Å². The molecular weight excluding hydrogens is 306 g/mol. The summed E-state index contributed by atoms with van der Waals surface area (Å²) in [6, 6.07) is 2.20. The number of hydrogen-bond acceptors (Lipinski definition) is 4. The lowest BCUT2D eigenvalue weighted by Crippen LogP contribution is -2.45. The summed E-state index contributed by atoms with van der Waals surface area (Å²) in [4.78, 5) is 16.4. The van der Waals surface area contributed by atoms with E-state index < -0.39 is 0 Å². The van der Waals surface area contributed by atoms with Crippen molar-refractivity contribution in [3.05, 3.63) is 21.9 Å². The molecule has 0 bridgehead atoms. The van der Waals surface area contributed by atoms with Gasteiger partial charge in [-0.2, -0.15) is 5.10 Å². The number of aryl methyl sites for hydroxylation is 1. The molecule has 1 atom stereocenters. The molecule has 0 spiro atoms. The molecule has 0 aromatic carbocycles. The SMILES string of the molecule is CC1CCN(CN2N=C3c4ccsc4CCCC3CC2=O)CC1. The molecule has 5 heteroatoms. The van der Waals surface area contributed by atoms with E-state index in [9.17, 15) is 4.79 Å². The summed E-state index contributed by atoms with van der Waals surface area (Å²) in [5.74, 6) is 1.35. The highest BCUT2D eigenvalue weighted by Crippen LogP contribution is 2.33. The van der Waals surface area contributed by atoms with Crippen LogP contribution in [0.2, 0.25) is 0 Å². The van der Waals surface area contributed by atoms with Gasteiger partial charge in [0.2, 0.25) is 5.91 Å². The number of piperidine rings is 1. The molecular formula is C18H25N3OS. The number of likely N-dealkylation sites (tertiary alicyclic amines) is 1. The summed E-state index contributed by atoms with van der Waals surface area (Å²) in [5.41, 5.74) is 2.48. The van der Waals surface area contributed by atoms with Gasteiger partial charge in [-0.05, 0) is 49.5 Å². The zero-order valence-electron chi connectivity index (χ0n) is 13.8. The first kappa shape index (κ1) is 15.3. The lowest BCUT2D eigenvalue weighted by Gasteiger charge is -2.35. The topological polar surface area (TPSA) is 35.9 Å². The summed E-state index contributed by atoms with van der Waals surface area (Å²) < 4.78 is 0. The van der Waals surface area contributed by atoms with Gasteiger partial charge in [-0.3, -0.25) is 9.69 Å². The van der Waals surface area contributed by atoms with Gasteiger partial charge >= 0.3 is 0 Å². The number of carbonyl (C=O) groups is 1. The van der Waals surface area contributed by atoms with Crippen LogP contribution >= 0.6 is 11.3 Å². The summed E-state index contributed by atoms with van der Waals surface area (Å²) in [5, 5.41) is 8.75. The average molecular weight is 331 g/mol. The van der Waals surface area contributed by atoms with Crippen molar-refractivity contribution >= 4 is 23.0 Å². The predicted octanol–water partition coefficient (Wildman–Crippen LogP) is 3.33. The van der Waals surface area contributed by atoms with E-state index in [1.807, 2.05) is 11.3 Å². The van der Waals surface area contributed by atoms with Gasteiger partial charge in [0.05, 0.1) is 12.4 Å². The third-order valence-electron chi connectivity index (χ3n) is 5.51. The first-order valence-electron chi connectivity index (χ1n) is 8.88. The average Bonchev–Trinajstić information content (AvgIpc) is 2.94. The zero-order chi connectivity index (χ0) is 15.8. The van der Waals surface area contributed by atoms with Crippen LogP contribution in [0.4, 0.5) is 0 Å². The van der Waals surface area contributed by atoms with Crippen molar-refractivity contribution in [2.75, 3.05) is 19.8 Å². The largest absolute Gasteiger partial charge is 0.284 e. The van der Waals surface area contributed by atoms with Crippen LogP contribution in [0.5, 0.6) is 0 Å². The molecule has 1 amide bonds. The lowest BCUT2D eigenvalue weighted by molar-refractivity contribution is -0.135. The van der Waals surface area contributed by atoms with Crippen molar-refractivity contribution in [2.45, 2.75) is 45.4 Å². The van der Waals surface area contributed by atoms with Crippen LogP contribution < -0.4 is 0 Å². The maximum Gasteiger partial charge on any atom is 0.244 e. The number of carbonyl (C=O) groups excluding carboxylic acids is 1. The Morgan fingerprint density at radius 2 is 2.13 bits per heavy atom. The van der Waals surface area contributed by atoms with Gasteiger partial charge in [-0.15, -0.1) is 11.3 Å². The Bertz CT molecular complexity index is 616. The van der Waals surface area contributed by atoms with Gasteiger partial charge in [0, 0.05) is 35.9 Å². The summed E-state index contributed by atoms with van der Waals surface area (Å²) >= 11 is 1.84. The Kier molecular flexibility index (Phi) is 4.24. The summed E-state index contributed by atoms with van der Waals surface area (Å²) in [6.07, 6.45) is 6.51. The van der Waals surface area contributed by atoms with Crippen molar-refractivity contribution in [1.82, 2.24) is 9.91 Å². The van der Waals surface area contributed by atoms with E-state index in [0.29, 0.717) is 19.0 Å². The molecule has 1 aliphatic carbocycles. The van der Waals surface area contributed by atoms with E-state index in [-0.39, 0.29) is 5.91 Å². The van der Waals surface area contributed by atoms with E-state index in [4.69, 9.17) is 5.10 Å². The van der Waals surface area contributed by atoms with Gasteiger partial charge in [0.25, 0.3) is 0 Å². The minimum atomic E-state index is 0.205. The predicted molar refractivity (Wildman–Crippen MR) is 93.6 cm³/mol. The minimum Gasteiger partial charge on any atom is -0.284 e. The smallest absolute Gasteiger partial charge is 0.244 e. The number of rotatable bonds is 2. The second-order valence-corrected chi connectivity index (χ2v) is 8.27. The molecule has 1 unspecified atom stereocenters. The highest BCUT2D eigenvalue weighted by molar-refractivity contribution is 7.10. The van der Waals surface area contributed by atoms with Gasteiger partial charge in [0.1, 0.15) is 0 Å².